The van der Waals surface area contributed by atoms with Gasteiger partial charge in [0.1, 0.15) is 11.9 Å². The number of rotatable bonds is 7. The lowest BCUT2D eigenvalue weighted by Crippen LogP contribution is -2.46. The van der Waals surface area contributed by atoms with E-state index < -0.39 is 0 Å². The van der Waals surface area contributed by atoms with E-state index in [2.05, 4.69) is 15.1 Å². The van der Waals surface area contributed by atoms with Gasteiger partial charge in [0.05, 0.1) is 32.0 Å². The number of nitrogens with one attached hydrogen (secondary N) is 1. The molecule has 1 atom stereocenters. The number of nitrogens with zero attached hydrogens (tertiary/aromatic N) is 3. The minimum atomic E-state index is -0.190. The summed E-state index contributed by atoms with van der Waals surface area (Å²) in [5, 5.41) is 8.11. The van der Waals surface area contributed by atoms with Gasteiger partial charge in [-0.3, -0.25) is 14.8 Å². The summed E-state index contributed by atoms with van der Waals surface area (Å²) in [5.41, 5.74) is 1.81. The van der Waals surface area contributed by atoms with Crippen LogP contribution < -0.4 is 4.74 Å². The molecule has 8 heteroatoms. The SMILES string of the molecule is O=C(CN1CCCC1)N1CCOC(c2cc(CCOc3cccc(Cl)c3)[nH]n2)C1. The number of carbonyl (C=O) groups excluding carboxylic acids is 1. The molecule has 2 saturated heterocycles. The number of H-pyrrole nitrogens is 1. The Labute approximate surface area is 175 Å². The Morgan fingerprint density at radius 3 is 2.97 bits per heavy atom. The van der Waals surface area contributed by atoms with Gasteiger partial charge in [-0.15, -0.1) is 0 Å². The molecule has 2 aliphatic heterocycles. The highest BCUT2D eigenvalue weighted by molar-refractivity contribution is 6.30. The zero-order chi connectivity index (χ0) is 20.1. The van der Waals surface area contributed by atoms with Crippen molar-refractivity contribution in [1.82, 2.24) is 20.0 Å². The molecule has 1 aromatic carbocycles. The van der Waals surface area contributed by atoms with E-state index in [1.54, 1.807) is 6.07 Å². The highest BCUT2D eigenvalue weighted by Crippen LogP contribution is 2.22. The van der Waals surface area contributed by atoms with Crippen LogP contribution in [0, 0.1) is 0 Å². The van der Waals surface area contributed by atoms with Gasteiger partial charge in [0.15, 0.2) is 0 Å². The molecular formula is C21H27ClN4O3. The molecule has 1 aromatic heterocycles. The topological polar surface area (TPSA) is 70.7 Å². The van der Waals surface area contributed by atoms with Gasteiger partial charge in [0.25, 0.3) is 0 Å². The molecule has 2 aromatic rings. The highest BCUT2D eigenvalue weighted by Gasteiger charge is 2.28. The molecule has 0 aliphatic carbocycles. The van der Waals surface area contributed by atoms with Crippen LogP contribution in [0.4, 0.5) is 0 Å². The number of aromatic nitrogens is 2. The van der Waals surface area contributed by atoms with Crippen LogP contribution in [0.5, 0.6) is 5.75 Å². The Morgan fingerprint density at radius 1 is 1.28 bits per heavy atom. The standard InChI is InChI=1S/C21H27ClN4O3/c22-16-4-3-5-18(12-16)28-10-6-17-13-19(24-23-17)20-14-26(9-11-29-20)21(27)15-25-7-1-2-8-25/h3-5,12-13,20H,1-2,6-11,14-15H2,(H,23,24). The quantitative estimate of drug-likeness (QED) is 0.748. The number of benzene rings is 1. The number of morpholine rings is 1. The first-order valence-electron chi connectivity index (χ1n) is 10.2. The van der Waals surface area contributed by atoms with Gasteiger partial charge in [-0.25, -0.2) is 0 Å². The van der Waals surface area contributed by atoms with Crippen molar-refractivity contribution in [2.45, 2.75) is 25.4 Å². The zero-order valence-corrected chi connectivity index (χ0v) is 17.2. The maximum absolute atomic E-state index is 12.6. The Kier molecular flexibility index (Phi) is 6.69. The third kappa shape index (κ3) is 5.50. The number of carbonyl (C=O) groups is 1. The van der Waals surface area contributed by atoms with Gasteiger partial charge in [0.2, 0.25) is 5.91 Å². The predicted molar refractivity (Wildman–Crippen MR) is 110 cm³/mol. The summed E-state index contributed by atoms with van der Waals surface area (Å²) in [7, 11) is 0. The molecule has 1 N–H and O–H groups in total. The molecule has 156 valence electrons. The Hall–Kier alpha value is -2.09. The molecule has 7 nitrogen and oxygen atoms in total. The molecule has 29 heavy (non-hydrogen) atoms. The molecular weight excluding hydrogens is 392 g/mol. The lowest BCUT2D eigenvalue weighted by Gasteiger charge is -2.33. The molecule has 1 amide bonds. The minimum absolute atomic E-state index is 0.186. The van der Waals surface area contributed by atoms with Crippen LogP contribution in [0.3, 0.4) is 0 Å². The van der Waals surface area contributed by atoms with Crippen molar-refractivity contribution < 1.29 is 14.3 Å². The molecule has 1 unspecified atom stereocenters. The van der Waals surface area contributed by atoms with Crippen LogP contribution >= 0.6 is 11.6 Å². The van der Waals surface area contributed by atoms with E-state index in [1.807, 2.05) is 29.2 Å². The molecule has 3 heterocycles. The molecule has 0 bridgehead atoms. The first-order chi connectivity index (χ1) is 14.2. The summed E-state index contributed by atoms with van der Waals surface area (Å²) in [6, 6.07) is 9.36. The van der Waals surface area contributed by atoms with Crippen molar-refractivity contribution in [3.05, 3.63) is 46.7 Å². The fourth-order valence-electron chi connectivity index (χ4n) is 3.79. The number of ether oxygens (including phenoxy) is 2. The van der Waals surface area contributed by atoms with E-state index in [9.17, 15) is 4.79 Å². The summed E-state index contributed by atoms with van der Waals surface area (Å²) >= 11 is 5.97. The van der Waals surface area contributed by atoms with Crippen molar-refractivity contribution in [2.75, 3.05) is 45.9 Å². The number of halogens is 1. The summed E-state index contributed by atoms with van der Waals surface area (Å²) in [4.78, 5) is 16.8. The third-order valence-electron chi connectivity index (χ3n) is 5.39. The average Bonchev–Trinajstić information content (AvgIpc) is 3.40. The first kappa shape index (κ1) is 20.2. The number of amides is 1. The van der Waals surface area contributed by atoms with Gasteiger partial charge in [-0.05, 0) is 50.2 Å². The van der Waals surface area contributed by atoms with Gasteiger partial charge < -0.3 is 14.4 Å². The van der Waals surface area contributed by atoms with Crippen LogP contribution in [-0.4, -0.2) is 71.8 Å². The lowest BCUT2D eigenvalue weighted by molar-refractivity contribution is -0.140. The normalized spacial score (nSPS) is 20.2. The Bertz CT molecular complexity index is 822. The molecule has 2 fully saturated rings. The van der Waals surface area contributed by atoms with Crippen molar-refractivity contribution in [2.24, 2.45) is 0 Å². The summed E-state index contributed by atoms with van der Waals surface area (Å²) in [6.45, 7) is 4.83. The molecule has 0 saturated carbocycles. The smallest absolute Gasteiger partial charge is 0.236 e. The van der Waals surface area contributed by atoms with Gasteiger partial charge in [0, 0.05) is 23.7 Å². The summed E-state index contributed by atoms with van der Waals surface area (Å²) in [6.07, 6.45) is 2.89. The summed E-state index contributed by atoms with van der Waals surface area (Å²) in [5.74, 6) is 0.936. The molecule has 2 aliphatic rings. The maximum atomic E-state index is 12.6. The van der Waals surface area contributed by atoms with Crippen molar-refractivity contribution in [3.8, 4) is 5.75 Å². The molecule has 0 spiro atoms. The largest absolute Gasteiger partial charge is 0.493 e. The van der Waals surface area contributed by atoms with Crippen LogP contribution in [0.25, 0.3) is 0 Å². The van der Waals surface area contributed by atoms with E-state index in [0.29, 0.717) is 44.3 Å². The molecule has 4 rings (SSSR count). The fraction of sp³-hybridized carbons (Fsp3) is 0.524. The Balaban J connectivity index is 1.27. The lowest BCUT2D eigenvalue weighted by atomic mass is 10.2. The van der Waals surface area contributed by atoms with Crippen LogP contribution in [0.1, 0.15) is 30.3 Å². The first-order valence-corrected chi connectivity index (χ1v) is 10.6. The third-order valence-corrected chi connectivity index (χ3v) is 5.63. The van der Waals surface area contributed by atoms with Crippen molar-refractivity contribution >= 4 is 17.5 Å². The van der Waals surface area contributed by atoms with E-state index in [-0.39, 0.29) is 12.0 Å². The van der Waals surface area contributed by atoms with E-state index >= 15 is 0 Å². The number of hydrogen-bond donors (Lipinski definition) is 1. The number of aromatic amines is 1. The minimum Gasteiger partial charge on any atom is -0.493 e. The fourth-order valence-corrected chi connectivity index (χ4v) is 3.98. The van der Waals surface area contributed by atoms with Crippen molar-refractivity contribution in [3.63, 3.8) is 0 Å². The zero-order valence-electron chi connectivity index (χ0n) is 16.5. The highest BCUT2D eigenvalue weighted by atomic mass is 35.5. The van der Waals surface area contributed by atoms with E-state index in [4.69, 9.17) is 21.1 Å². The van der Waals surface area contributed by atoms with Crippen molar-refractivity contribution in [1.29, 1.82) is 0 Å². The predicted octanol–water partition coefficient (Wildman–Crippen LogP) is 2.68. The molecule has 0 radical (unpaired) electrons. The van der Waals surface area contributed by atoms with E-state index in [1.165, 1.54) is 12.8 Å². The maximum Gasteiger partial charge on any atom is 0.236 e. The van der Waals surface area contributed by atoms with Crippen LogP contribution in [0.2, 0.25) is 5.02 Å². The van der Waals surface area contributed by atoms with Gasteiger partial charge in [-0.1, -0.05) is 17.7 Å². The van der Waals surface area contributed by atoms with E-state index in [0.717, 1.165) is 30.2 Å². The monoisotopic (exact) mass is 418 g/mol. The second-order valence-electron chi connectivity index (χ2n) is 7.56. The Morgan fingerprint density at radius 2 is 2.14 bits per heavy atom. The average molecular weight is 419 g/mol. The second-order valence-corrected chi connectivity index (χ2v) is 7.99. The van der Waals surface area contributed by atoms with Crippen LogP contribution in [-0.2, 0) is 16.0 Å². The number of hydrogen-bond acceptors (Lipinski definition) is 5. The summed E-state index contributed by atoms with van der Waals surface area (Å²) < 4.78 is 11.6. The van der Waals surface area contributed by atoms with Gasteiger partial charge >= 0.3 is 0 Å². The van der Waals surface area contributed by atoms with Crippen LogP contribution in [0.15, 0.2) is 30.3 Å². The second kappa shape index (κ2) is 9.61. The number of likely N-dealkylation sites (tertiary alicyclic amines) is 1. The van der Waals surface area contributed by atoms with Gasteiger partial charge in [-0.2, -0.15) is 5.10 Å².